The van der Waals surface area contributed by atoms with Crippen LogP contribution in [0.2, 0.25) is 0 Å². The molecule has 2 aromatic carbocycles. The molecular formula is C13H9ClFNO2. The van der Waals surface area contributed by atoms with Crippen molar-refractivity contribution in [1.29, 1.82) is 0 Å². The van der Waals surface area contributed by atoms with Crippen molar-refractivity contribution < 1.29 is 9.31 Å². The van der Waals surface area contributed by atoms with Crippen LogP contribution >= 0.6 is 11.6 Å². The van der Waals surface area contributed by atoms with Gasteiger partial charge in [0.2, 0.25) is 0 Å². The normalized spacial score (nSPS) is 12.1. The first-order valence-corrected chi connectivity index (χ1v) is 5.66. The Morgan fingerprint density at radius 1 is 1.17 bits per heavy atom. The average Bonchev–Trinajstić information content (AvgIpc) is 2.38. The van der Waals surface area contributed by atoms with Crippen molar-refractivity contribution in [3.63, 3.8) is 0 Å². The molecule has 0 N–H and O–H groups in total. The number of nitrogens with zero attached hydrogens (tertiary/aromatic N) is 1. The summed E-state index contributed by atoms with van der Waals surface area (Å²) < 4.78 is 13.2. The van der Waals surface area contributed by atoms with E-state index < -0.39 is 16.1 Å². The van der Waals surface area contributed by atoms with Crippen molar-refractivity contribution in [1.82, 2.24) is 0 Å². The number of alkyl halides is 1. The van der Waals surface area contributed by atoms with Gasteiger partial charge in [-0.25, -0.2) is 4.39 Å². The molecule has 18 heavy (non-hydrogen) atoms. The van der Waals surface area contributed by atoms with Crippen LogP contribution in [-0.2, 0) is 0 Å². The van der Waals surface area contributed by atoms with Crippen molar-refractivity contribution in [2.75, 3.05) is 0 Å². The minimum absolute atomic E-state index is 0.160. The predicted molar refractivity (Wildman–Crippen MR) is 67.2 cm³/mol. The summed E-state index contributed by atoms with van der Waals surface area (Å²) in [6.07, 6.45) is 0. The predicted octanol–water partition coefficient (Wildman–Crippen LogP) is 4.06. The van der Waals surface area contributed by atoms with E-state index in [1.807, 2.05) is 6.07 Å². The smallest absolute Gasteiger partial charge is 0.258 e. The van der Waals surface area contributed by atoms with Crippen LogP contribution < -0.4 is 0 Å². The Labute approximate surface area is 108 Å². The molecule has 5 heteroatoms. The van der Waals surface area contributed by atoms with Crippen LogP contribution in [0, 0.1) is 15.9 Å². The average molecular weight is 266 g/mol. The summed E-state index contributed by atoms with van der Waals surface area (Å²) >= 11 is 6.18. The second kappa shape index (κ2) is 5.14. The summed E-state index contributed by atoms with van der Waals surface area (Å²) in [6.45, 7) is 0. The topological polar surface area (TPSA) is 43.1 Å². The third-order valence-electron chi connectivity index (χ3n) is 2.55. The highest BCUT2D eigenvalue weighted by molar-refractivity contribution is 6.22. The van der Waals surface area contributed by atoms with E-state index in [0.717, 1.165) is 18.2 Å². The first-order valence-electron chi connectivity index (χ1n) is 5.22. The third kappa shape index (κ3) is 2.49. The maximum absolute atomic E-state index is 13.2. The molecule has 2 aromatic rings. The second-order valence-corrected chi connectivity index (χ2v) is 4.17. The van der Waals surface area contributed by atoms with Crippen LogP contribution in [0.3, 0.4) is 0 Å². The molecule has 0 amide bonds. The molecule has 0 saturated carbocycles. The van der Waals surface area contributed by atoms with E-state index in [4.69, 9.17) is 11.6 Å². The molecule has 0 radical (unpaired) electrons. The molecule has 0 fully saturated rings. The molecule has 1 atom stereocenters. The Morgan fingerprint density at radius 3 is 2.44 bits per heavy atom. The van der Waals surface area contributed by atoms with Crippen molar-refractivity contribution in [2.45, 2.75) is 5.38 Å². The molecule has 1 unspecified atom stereocenters. The van der Waals surface area contributed by atoms with Gasteiger partial charge in [-0.05, 0) is 17.7 Å². The molecule has 3 nitrogen and oxygen atoms in total. The van der Waals surface area contributed by atoms with Gasteiger partial charge in [-0.2, -0.15) is 0 Å². The number of hydrogen-bond donors (Lipinski definition) is 0. The Kier molecular flexibility index (Phi) is 3.58. The van der Waals surface area contributed by atoms with Crippen LogP contribution in [0.4, 0.5) is 10.1 Å². The SMILES string of the molecule is O=[N+]([O-])c1ccc(F)cc1C(Cl)c1ccccc1. The van der Waals surface area contributed by atoms with Crippen LogP contribution in [0.15, 0.2) is 48.5 Å². The Morgan fingerprint density at radius 2 is 1.83 bits per heavy atom. The monoisotopic (exact) mass is 265 g/mol. The number of hydrogen-bond acceptors (Lipinski definition) is 2. The van der Waals surface area contributed by atoms with E-state index in [-0.39, 0.29) is 11.3 Å². The van der Waals surface area contributed by atoms with Gasteiger partial charge in [-0.3, -0.25) is 10.1 Å². The minimum Gasteiger partial charge on any atom is -0.258 e. The maximum atomic E-state index is 13.2. The lowest BCUT2D eigenvalue weighted by molar-refractivity contribution is -0.385. The zero-order chi connectivity index (χ0) is 13.1. The molecule has 0 heterocycles. The second-order valence-electron chi connectivity index (χ2n) is 3.73. The van der Waals surface area contributed by atoms with Crippen molar-refractivity contribution in [3.8, 4) is 0 Å². The standard InChI is InChI=1S/C13H9ClFNO2/c14-13(9-4-2-1-3-5-9)11-8-10(15)6-7-12(11)16(17)18/h1-8,13H. The molecule has 0 aliphatic rings. The summed E-state index contributed by atoms with van der Waals surface area (Å²) in [5.41, 5.74) is 0.668. The molecule has 2 rings (SSSR count). The van der Waals surface area contributed by atoms with Crippen LogP contribution in [0.25, 0.3) is 0 Å². The molecule has 0 aliphatic heterocycles. The van der Waals surface area contributed by atoms with Gasteiger partial charge in [-0.1, -0.05) is 30.3 Å². The maximum Gasteiger partial charge on any atom is 0.274 e. The molecular weight excluding hydrogens is 257 g/mol. The van der Waals surface area contributed by atoms with Crippen molar-refractivity contribution in [2.24, 2.45) is 0 Å². The summed E-state index contributed by atoms with van der Waals surface area (Å²) in [7, 11) is 0. The number of nitro benzene ring substituents is 1. The van der Waals surface area contributed by atoms with Gasteiger partial charge in [0.25, 0.3) is 5.69 Å². The first-order chi connectivity index (χ1) is 8.59. The van der Waals surface area contributed by atoms with Gasteiger partial charge in [-0.15, -0.1) is 11.6 Å². The lowest BCUT2D eigenvalue weighted by atomic mass is 10.0. The zero-order valence-electron chi connectivity index (χ0n) is 9.22. The van der Waals surface area contributed by atoms with Gasteiger partial charge in [0, 0.05) is 6.07 Å². The van der Waals surface area contributed by atoms with Gasteiger partial charge in [0.1, 0.15) is 5.82 Å². The van der Waals surface area contributed by atoms with E-state index >= 15 is 0 Å². The molecule has 0 saturated heterocycles. The summed E-state index contributed by atoms with van der Waals surface area (Å²) in [4.78, 5) is 10.3. The van der Waals surface area contributed by atoms with Gasteiger partial charge in [0.15, 0.2) is 0 Å². The Balaban J connectivity index is 2.50. The van der Waals surface area contributed by atoms with E-state index in [1.165, 1.54) is 0 Å². The first kappa shape index (κ1) is 12.5. The summed E-state index contributed by atoms with van der Waals surface area (Å²) in [6, 6.07) is 12.1. The fourth-order valence-corrected chi connectivity index (χ4v) is 2.02. The minimum atomic E-state index is -0.748. The van der Waals surface area contributed by atoms with Crippen molar-refractivity contribution in [3.05, 3.63) is 75.6 Å². The van der Waals surface area contributed by atoms with E-state index in [2.05, 4.69) is 0 Å². The highest BCUT2D eigenvalue weighted by Crippen LogP contribution is 2.35. The number of rotatable bonds is 3. The van der Waals surface area contributed by atoms with Gasteiger partial charge >= 0.3 is 0 Å². The largest absolute Gasteiger partial charge is 0.274 e. The van der Waals surface area contributed by atoms with Crippen LogP contribution in [0.1, 0.15) is 16.5 Å². The quantitative estimate of drug-likeness (QED) is 0.477. The fraction of sp³-hybridized carbons (Fsp3) is 0.0769. The number of benzene rings is 2. The van der Waals surface area contributed by atoms with Gasteiger partial charge in [0.05, 0.1) is 15.9 Å². The van der Waals surface area contributed by atoms with E-state index in [0.29, 0.717) is 5.56 Å². The van der Waals surface area contributed by atoms with E-state index in [9.17, 15) is 14.5 Å². The Hall–Kier alpha value is -1.94. The molecule has 0 bridgehead atoms. The van der Waals surface area contributed by atoms with Crippen LogP contribution in [-0.4, -0.2) is 4.92 Å². The number of nitro groups is 1. The van der Waals surface area contributed by atoms with Gasteiger partial charge < -0.3 is 0 Å². The third-order valence-corrected chi connectivity index (χ3v) is 3.04. The lowest BCUT2D eigenvalue weighted by Crippen LogP contribution is -2.00. The highest BCUT2D eigenvalue weighted by Gasteiger charge is 2.22. The number of halogens is 2. The fourth-order valence-electron chi connectivity index (χ4n) is 1.70. The summed E-state index contributed by atoms with van der Waals surface area (Å²) in [5, 5.41) is 10.1. The zero-order valence-corrected chi connectivity index (χ0v) is 9.97. The lowest BCUT2D eigenvalue weighted by Gasteiger charge is -2.10. The molecule has 0 aliphatic carbocycles. The molecule has 92 valence electrons. The van der Waals surface area contributed by atoms with Crippen molar-refractivity contribution >= 4 is 17.3 Å². The highest BCUT2D eigenvalue weighted by atomic mass is 35.5. The molecule has 0 spiro atoms. The van der Waals surface area contributed by atoms with E-state index in [1.54, 1.807) is 24.3 Å². The molecule has 0 aromatic heterocycles. The van der Waals surface area contributed by atoms with Crippen LogP contribution in [0.5, 0.6) is 0 Å². The Bertz CT molecular complexity index is 574. The summed E-state index contributed by atoms with van der Waals surface area (Å²) in [5.74, 6) is -0.544.